The number of hydrogen-bond donors (Lipinski definition) is 2. The third-order valence-electron chi connectivity index (χ3n) is 6.58. The summed E-state index contributed by atoms with van der Waals surface area (Å²) in [6, 6.07) is 11.1. The molecule has 2 atom stereocenters. The fourth-order valence-corrected chi connectivity index (χ4v) is 6.01. The maximum Gasteiger partial charge on any atom is 0.280 e. The van der Waals surface area contributed by atoms with Gasteiger partial charge in [0.2, 0.25) is 0 Å². The number of likely N-dealkylation sites (N-methyl/N-ethyl adjacent to an activating group) is 1. The molecule has 1 aromatic heterocycles. The number of halogens is 2. The topological polar surface area (TPSA) is 74.3 Å². The van der Waals surface area contributed by atoms with E-state index in [4.69, 9.17) is 11.6 Å². The van der Waals surface area contributed by atoms with E-state index < -0.39 is 0 Å². The fourth-order valence-electron chi connectivity index (χ4n) is 4.74. The van der Waals surface area contributed by atoms with Gasteiger partial charge < -0.3 is 15.5 Å². The summed E-state index contributed by atoms with van der Waals surface area (Å²) in [5.41, 5.74) is 1.66. The fraction of sp³-hybridized carbons (Fsp3) is 0.400. The average Bonchev–Trinajstić information content (AvgIpc) is 3.23. The zero-order valence-corrected chi connectivity index (χ0v) is 21.4. The summed E-state index contributed by atoms with van der Waals surface area (Å²) in [6.07, 6.45) is 4.65. The van der Waals surface area contributed by atoms with Crippen LogP contribution in [0.15, 0.2) is 36.4 Å². The van der Waals surface area contributed by atoms with Crippen LogP contribution in [0.1, 0.15) is 56.4 Å². The number of nitrogens with zero attached hydrogens (tertiary/aromatic N) is 2. The second kappa shape index (κ2) is 10.6. The molecule has 6 nitrogen and oxygen atoms in total. The van der Waals surface area contributed by atoms with Crippen molar-refractivity contribution in [3.63, 3.8) is 0 Å². The molecule has 1 saturated carbocycles. The molecule has 1 fully saturated rings. The van der Waals surface area contributed by atoms with E-state index in [0.717, 1.165) is 61.7 Å². The monoisotopic (exact) mass is 518 g/mol. The lowest BCUT2D eigenvalue weighted by atomic mass is 9.90. The van der Waals surface area contributed by atoms with Gasteiger partial charge in [0.05, 0.1) is 5.69 Å². The smallest absolute Gasteiger partial charge is 0.280 e. The molecule has 2 aliphatic rings. The van der Waals surface area contributed by atoms with Crippen molar-refractivity contribution in [3.8, 4) is 0 Å². The van der Waals surface area contributed by atoms with Gasteiger partial charge in [0.25, 0.3) is 11.8 Å². The third-order valence-corrected chi connectivity index (χ3v) is 7.90. The minimum atomic E-state index is -0.134. The number of carbonyl (C=O) groups is 2. The van der Waals surface area contributed by atoms with Crippen LogP contribution in [0.3, 0.4) is 0 Å². The van der Waals surface area contributed by atoms with Crippen LogP contribution in [-0.2, 0) is 13.0 Å². The average molecular weight is 519 g/mol. The molecular weight excluding hydrogens is 491 g/mol. The molecule has 3 aromatic rings. The largest absolute Gasteiger partial charge is 0.347 e. The number of aromatic nitrogens is 1. The molecule has 2 aromatic carbocycles. The molecule has 2 heterocycles. The zero-order chi connectivity index (χ0) is 22.9. The minimum absolute atomic E-state index is 0. The number of rotatable bonds is 4. The van der Waals surface area contributed by atoms with E-state index in [1.54, 1.807) is 0 Å². The Bertz CT molecular complexity index is 1210. The predicted octanol–water partition coefficient (Wildman–Crippen LogP) is 4.83. The molecule has 0 radical (unpaired) electrons. The van der Waals surface area contributed by atoms with Crippen LogP contribution < -0.4 is 10.6 Å². The third kappa shape index (κ3) is 5.38. The standard InChI is InChI=1S/C25H27ClN4O2S.ClH/c1-30-11-10-21-22(14-30)33-25(29-21)24(32)28-20-5-3-2-4-19(20)27-23(31)17-7-6-16-13-18(26)9-8-15(16)12-17;/h6-9,12-13,19-20H,2-5,10-11,14H2,1H3,(H,27,31)(H,28,32);1H/t19-,20+;/m1./s1. The van der Waals surface area contributed by atoms with Gasteiger partial charge in [0.1, 0.15) is 0 Å². The molecule has 0 saturated heterocycles. The molecule has 0 bridgehead atoms. The van der Waals surface area contributed by atoms with E-state index in [-0.39, 0.29) is 36.3 Å². The molecule has 5 rings (SSSR count). The van der Waals surface area contributed by atoms with Crippen molar-refractivity contribution >= 4 is 57.9 Å². The number of hydrogen-bond acceptors (Lipinski definition) is 5. The van der Waals surface area contributed by atoms with Crippen LogP contribution in [0, 0.1) is 0 Å². The Hall–Kier alpha value is -2.19. The number of amides is 2. The van der Waals surface area contributed by atoms with Crippen LogP contribution in [0.2, 0.25) is 5.02 Å². The van der Waals surface area contributed by atoms with Gasteiger partial charge in [-0.1, -0.05) is 36.6 Å². The van der Waals surface area contributed by atoms with Gasteiger partial charge >= 0.3 is 0 Å². The summed E-state index contributed by atoms with van der Waals surface area (Å²) in [4.78, 5) is 34.0. The summed E-state index contributed by atoms with van der Waals surface area (Å²) < 4.78 is 0. The van der Waals surface area contributed by atoms with Gasteiger partial charge in [-0.15, -0.1) is 23.7 Å². The van der Waals surface area contributed by atoms with Crippen molar-refractivity contribution < 1.29 is 9.59 Å². The van der Waals surface area contributed by atoms with Crippen molar-refractivity contribution in [3.05, 3.63) is 62.6 Å². The number of nitrogens with one attached hydrogen (secondary N) is 2. The Morgan fingerprint density at radius 3 is 2.47 bits per heavy atom. The summed E-state index contributed by atoms with van der Waals surface area (Å²) in [5.74, 6) is -0.253. The first kappa shape index (κ1) is 24.9. The van der Waals surface area contributed by atoms with Crippen molar-refractivity contribution in [2.75, 3.05) is 13.6 Å². The van der Waals surface area contributed by atoms with Gasteiger partial charge in [0, 0.05) is 47.1 Å². The highest BCUT2D eigenvalue weighted by Gasteiger charge is 2.30. The first-order valence-electron chi connectivity index (χ1n) is 11.4. The second-order valence-electron chi connectivity index (χ2n) is 9.03. The zero-order valence-electron chi connectivity index (χ0n) is 19.0. The first-order valence-corrected chi connectivity index (χ1v) is 12.6. The van der Waals surface area contributed by atoms with Crippen LogP contribution >= 0.6 is 35.3 Å². The van der Waals surface area contributed by atoms with E-state index >= 15 is 0 Å². The maximum absolute atomic E-state index is 13.0. The van der Waals surface area contributed by atoms with E-state index in [1.165, 1.54) is 16.2 Å². The highest BCUT2D eigenvalue weighted by atomic mass is 35.5. The van der Waals surface area contributed by atoms with Crippen molar-refractivity contribution in [1.82, 2.24) is 20.5 Å². The maximum atomic E-state index is 13.0. The molecule has 0 spiro atoms. The molecule has 1 aliphatic carbocycles. The Kier molecular flexibility index (Phi) is 7.77. The summed E-state index contributed by atoms with van der Waals surface area (Å²) >= 11 is 7.56. The summed E-state index contributed by atoms with van der Waals surface area (Å²) in [7, 11) is 2.09. The van der Waals surface area contributed by atoms with Gasteiger partial charge in [-0.05, 0) is 54.9 Å². The Morgan fingerprint density at radius 1 is 1.03 bits per heavy atom. The second-order valence-corrected chi connectivity index (χ2v) is 10.5. The van der Waals surface area contributed by atoms with Crippen LogP contribution in [0.4, 0.5) is 0 Å². The van der Waals surface area contributed by atoms with Crippen LogP contribution in [-0.4, -0.2) is 47.4 Å². The number of thiazole rings is 1. The SMILES string of the molecule is CN1CCc2nc(C(=O)N[C@H]3CCCC[C@H]3NC(=O)c3ccc4cc(Cl)ccc4c3)sc2C1.Cl. The molecule has 34 heavy (non-hydrogen) atoms. The summed E-state index contributed by atoms with van der Waals surface area (Å²) in [5, 5.41) is 9.51. The number of carbonyl (C=O) groups excluding carboxylic acids is 2. The molecular formula is C25H28Cl2N4O2S. The van der Waals surface area contributed by atoms with Crippen LogP contribution in [0.25, 0.3) is 10.8 Å². The van der Waals surface area contributed by atoms with E-state index in [0.29, 0.717) is 15.6 Å². The lowest BCUT2D eigenvalue weighted by Gasteiger charge is -2.32. The minimum Gasteiger partial charge on any atom is -0.347 e. The molecule has 0 unspecified atom stereocenters. The van der Waals surface area contributed by atoms with E-state index in [1.807, 2.05) is 36.4 Å². The van der Waals surface area contributed by atoms with E-state index in [2.05, 4.69) is 27.6 Å². The number of benzene rings is 2. The van der Waals surface area contributed by atoms with Crippen molar-refractivity contribution in [2.45, 2.75) is 50.7 Å². The van der Waals surface area contributed by atoms with Crippen molar-refractivity contribution in [2.24, 2.45) is 0 Å². The predicted molar refractivity (Wildman–Crippen MR) is 139 cm³/mol. The Labute approximate surface area is 214 Å². The number of fused-ring (bicyclic) bond motifs is 2. The van der Waals surface area contributed by atoms with E-state index in [9.17, 15) is 9.59 Å². The molecule has 2 amide bonds. The highest BCUT2D eigenvalue weighted by Crippen LogP contribution is 2.26. The quantitative estimate of drug-likeness (QED) is 0.518. The first-order chi connectivity index (χ1) is 16.0. The van der Waals surface area contributed by atoms with Gasteiger partial charge in [-0.2, -0.15) is 0 Å². The van der Waals surface area contributed by atoms with Crippen LogP contribution in [0.5, 0.6) is 0 Å². The van der Waals surface area contributed by atoms with Crippen molar-refractivity contribution in [1.29, 1.82) is 0 Å². The Morgan fingerprint density at radius 2 is 1.71 bits per heavy atom. The molecule has 1 aliphatic heterocycles. The Balaban J connectivity index is 0.00000274. The molecule has 2 N–H and O–H groups in total. The van der Waals surface area contributed by atoms with Gasteiger partial charge in [0.15, 0.2) is 5.01 Å². The molecule has 9 heteroatoms. The lowest BCUT2D eigenvalue weighted by Crippen LogP contribution is -2.53. The normalized spacial score (nSPS) is 20.3. The van der Waals surface area contributed by atoms with Gasteiger partial charge in [-0.25, -0.2) is 4.98 Å². The van der Waals surface area contributed by atoms with Gasteiger partial charge in [-0.3, -0.25) is 9.59 Å². The lowest BCUT2D eigenvalue weighted by molar-refractivity contribution is 0.0862. The molecule has 180 valence electrons. The summed E-state index contributed by atoms with van der Waals surface area (Å²) in [6.45, 7) is 1.82. The highest BCUT2D eigenvalue weighted by molar-refractivity contribution is 7.13.